The van der Waals surface area contributed by atoms with Gasteiger partial charge in [0.2, 0.25) is 0 Å². The van der Waals surface area contributed by atoms with Crippen molar-refractivity contribution < 1.29 is 4.39 Å². The van der Waals surface area contributed by atoms with E-state index in [0.717, 1.165) is 5.56 Å². The van der Waals surface area contributed by atoms with Crippen molar-refractivity contribution in [1.29, 1.82) is 0 Å². The van der Waals surface area contributed by atoms with Gasteiger partial charge in [0.1, 0.15) is 5.82 Å². The fourth-order valence-corrected chi connectivity index (χ4v) is 2.26. The van der Waals surface area contributed by atoms with Crippen molar-refractivity contribution in [1.82, 2.24) is 15.6 Å². The smallest absolute Gasteiger partial charge is 0.191 e. The van der Waals surface area contributed by atoms with Crippen LogP contribution in [0.2, 0.25) is 10.0 Å². The quantitative estimate of drug-likeness (QED) is 0.662. The molecule has 0 unspecified atom stereocenters. The molecular weight excluding hydrogens is 326 g/mol. The second-order valence-electron chi connectivity index (χ2n) is 4.45. The van der Waals surface area contributed by atoms with Crippen LogP contribution in [0.3, 0.4) is 0 Å². The zero-order valence-corrected chi connectivity index (χ0v) is 13.4. The summed E-state index contributed by atoms with van der Waals surface area (Å²) in [4.78, 5) is 8.04. The van der Waals surface area contributed by atoms with Crippen LogP contribution >= 0.6 is 23.2 Å². The lowest BCUT2D eigenvalue weighted by Crippen LogP contribution is -2.36. The van der Waals surface area contributed by atoms with Gasteiger partial charge < -0.3 is 10.6 Å². The molecule has 0 aliphatic carbocycles. The third-order valence-corrected chi connectivity index (χ3v) is 3.53. The number of nitrogens with one attached hydrogen (secondary N) is 2. The van der Waals surface area contributed by atoms with Crippen molar-refractivity contribution >= 4 is 29.2 Å². The van der Waals surface area contributed by atoms with E-state index >= 15 is 0 Å². The lowest BCUT2D eigenvalue weighted by Gasteiger charge is -2.12. The molecular formula is C15H15Cl2FN4. The predicted octanol–water partition coefficient (Wildman–Crippen LogP) is 3.39. The van der Waals surface area contributed by atoms with Crippen LogP contribution < -0.4 is 10.6 Å². The molecule has 7 heteroatoms. The number of halogens is 3. The van der Waals surface area contributed by atoms with Gasteiger partial charge in [-0.1, -0.05) is 29.3 Å². The molecule has 0 amide bonds. The lowest BCUT2D eigenvalue weighted by atomic mass is 10.2. The van der Waals surface area contributed by atoms with Gasteiger partial charge in [-0.05, 0) is 29.8 Å². The second-order valence-corrected chi connectivity index (χ2v) is 5.29. The van der Waals surface area contributed by atoms with Gasteiger partial charge in [-0.25, -0.2) is 4.39 Å². The third kappa shape index (κ3) is 4.58. The largest absolute Gasteiger partial charge is 0.352 e. The molecule has 0 atom stereocenters. The predicted molar refractivity (Wildman–Crippen MR) is 87.7 cm³/mol. The molecule has 4 nitrogen and oxygen atoms in total. The summed E-state index contributed by atoms with van der Waals surface area (Å²) in [6.07, 6.45) is 1.55. The van der Waals surface area contributed by atoms with Gasteiger partial charge in [-0.3, -0.25) is 9.98 Å². The number of nitrogens with zero attached hydrogens (tertiary/aromatic N) is 2. The minimum absolute atomic E-state index is 0.237. The Morgan fingerprint density at radius 1 is 1.23 bits per heavy atom. The zero-order chi connectivity index (χ0) is 15.9. The Hall–Kier alpha value is -1.85. The number of rotatable bonds is 4. The van der Waals surface area contributed by atoms with Crippen molar-refractivity contribution in [3.05, 3.63) is 63.6 Å². The Kier molecular flexibility index (Phi) is 5.98. The molecule has 0 bridgehead atoms. The maximum absolute atomic E-state index is 13.5. The van der Waals surface area contributed by atoms with Crippen LogP contribution in [0.1, 0.15) is 11.3 Å². The summed E-state index contributed by atoms with van der Waals surface area (Å²) in [6.45, 7) is 0.709. The van der Waals surface area contributed by atoms with Crippen molar-refractivity contribution in [2.24, 2.45) is 4.99 Å². The van der Waals surface area contributed by atoms with Crippen LogP contribution in [0.15, 0.2) is 41.5 Å². The van der Waals surface area contributed by atoms with Crippen molar-refractivity contribution in [3.63, 3.8) is 0 Å². The average Bonchev–Trinajstić information content (AvgIpc) is 2.50. The minimum Gasteiger partial charge on any atom is -0.352 e. The normalized spacial score (nSPS) is 11.4. The highest BCUT2D eigenvalue weighted by molar-refractivity contribution is 6.35. The fourth-order valence-electron chi connectivity index (χ4n) is 1.78. The second kappa shape index (κ2) is 7.96. The number of aliphatic imine (C=N–C) groups is 1. The highest BCUT2D eigenvalue weighted by Crippen LogP contribution is 2.20. The van der Waals surface area contributed by atoms with E-state index in [2.05, 4.69) is 20.6 Å². The maximum Gasteiger partial charge on any atom is 0.191 e. The average molecular weight is 341 g/mol. The minimum atomic E-state index is -0.355. The molecule has 1 aromatic heterocycles. The third-order valence-electron chi connectivity index (χ3n) is 2.94. The van der Waals surface area contributed by atoms with E-state index in [1.807, 2.05) is 6.07 Å². The Balaban J connectivity index is 1.92. The monoisotopic (exact) mass is 340 g/mol. The van der Waals surface area contributed by atoms with E-state index in [9.17, 15) is 4.39 Å². The molecule has 0 spiro atoms. The van der Waals surface area contributed by atoms with Gasteiger partial charge >= 0.3 is 0 Å². The van der Waals surface area contributed by atoms with E-state index in [0.29, 0.717) is 28.2 Å². The molecule has 0 saturated heterocycles. The van der Waals surface area contributed by atoms with E-state index in [1.165, 1.54) is 6.07 Å². The van der Waals surface area contributed by atoms with Gasteiger partial charge in [0.25, 0.3) is 0 Å². The van der Waals surface area contributed by atoms with Gasteiger partial charge in [-0.2, -0.15) is 0 Å². The molecule has 1 aromatic carbocycles. The first-order valence-corrected chi connectivity index (χ1v) is 7.33. The van der Waals surface area contributed by atoms with E-state index in [-0.39, 0.29) is 12.4 Å². The summed E-state index contributed by atoms with van der Waals surface area (Å²) in [6, 6.07) is 8.20. The van der Waals surface area contributed by atoms with Gasteiger partial charge in [-0.15, -0.1) is 0 Å². The maximum atomic E-state index is 13.5. The van der Waals surface area contributed by atoms with Crippen molar-refractivity contribution in [2.75, 3.05) is 7.05 Å². The first-order chi connectivity index (χ1) is 10.6. The first kappa shape index (κ1) is 16.5. The Bertz CT molecular complexity index is 676. The van der Waals surface area contributed by atoms with Crippen LogP contribution in [-0.4, -0.2) is 18.0 Å². The zero-order valence-electron chi connectivity index (χ0n) is 11.9. The van der Waals surface area contributed by atoms with Crippen LogP contribution in [-0.2, 0) is 13.1 Å². The summed E-state index contributed by atoms with van der Waals surface area (Å²) in [5, 5.41) is 7.25. The van der Waals surface area contributed by atoms with E-state index in [1.54, 1.807) is 31.4 Å². The molecule has 2 N–H and O–H groups in total. The van der Waals surface area contributed by atoms with Gasteiger partial charge in [0.05, 0.1) is 12.2 Å². The van der Waals surface area contributed by atoms with Gasteiger partial charge in [0.15, 0.2) is 5.96 Å². The summed E-state index contributed by atoms with van der Waals surface area (Å²) in [5.74, 6) is 0.169. The van der Waals surface area contributed by atoms with E-state index < -0.39 is 0 Å². The SMILES string of the molecule is CN=C(NCc1ccc(Cl)cc1Cl)NCc1ncccc1F. The molecule has 0 aliphatic heterocycles. The number of benzene rings is 1. The number of hydrogen-bond donors (Lipinski definition) is 2. The molecule has 116 valence electrons. The Morgan fingerprint density at radius 2 is 2.00 bits per heavy atom. The number of hydrogen-bond acceptors (Lipinski definition) is 2. The summed E-state index contributed by atoms with van der Waals surface area (Å²) in [5.41, 5.74) is 1.22. The van der Waals surface area contributed by atoms with Crippen molar-refractivity contribution in [2.45, 2.75) is 13.1 Å². The summed E-state index contributed by atoms with van der Waals surface area (Å²) >= 11 is 12.0. The highest BCUT2D eigenvalue weighted by Gasteiger charge is 2.05. The van der Waals surface area contributed by atoms with Crippen LogP contribution in [0.5, 0.6) is 0 Å². The highest BCUT2D eigenvalue weighted by atomic mass is 35.5. The molecule has 1 heterocycles. The molecule has 0 aliphatic rings. The first-order valence-electron chi connectivity index (χ1n) is 6.58. The van der Waals surface area contributed by atoms with Crippen LogP contribution in [0.25, 0.3) is 0 Å². The topological polar surface area (TPSA) is 49.3 Å². The number of guanidine groups is 1. The van der Waals surface area contributed by atoms with E-state index in [4.69, 9.17) is 23.2 Å². The summed E-state index contributed by atoms with van der Waals surface area (Å²) < 4.78 is 13.5. The standard InChI is InChI=1S/C15H15Cl2FN4/c1-19-15(22-9-14-13(18)3-2-6-20-14)21-8-10-4-5-11(16)7-12(10)17/h2-7H,8-9H2,1H3,(H2,19,21,22). The number of aromatic nitrogens is 1. The van der Waals surface area contributed by atoms with Crippen LogP contribution in [0.4, 0.5) is 4.39 Å². The molecule has 0 radical (unpaired) electrons. The molecule has 2 aromatic rings. The molecule has 0 fully saturated rings. The van der Waals surface area contributed by atoms with Crippen molar-refractivity contribution in [3.8, 4) is 0 Å². The Morgan fingerprint density at radius 3 is 2.68 bits per heavy atom. The molecule has 2 rings (SSSR count). The summed E-state index contributed by atoms with van der Waals surface area (Å²) in [7, 11) is 1.63. The lowest BCUT2D eigenvalue weighted by molar-refractivity contribution is 0.592. The Labute approximate surface area is 138 Å². The van der Waals surface area contributed by atoms with Crippen LogP contribution in [0, 0.1) is 5.82 Å². The molecule has 0 saturated carbocycles. The fraction of sp³-hybridized carbons (Fsp3) is 0.200. The molecule has 22 heavy (non-hydrogen) atoms. The van der Waals surface area contributed by atoms with Gasteiger partial charge in [0, 0.05) is 29.8 Å². The number of pyridine rings is 1.